The summed E-state index contributed by atoms with van der Waals surface area (Å²) >= 11 is 0. The van der Waals surface area contributed by atoms with Crippen LogP contribution < -0.4 is 5.73 Å². The second-order valence-electron chi connectivity index (χ2n) is 4.37. The molecule has 3 aromatic rings. The number of anilines is 1. The molecule has 0 radical (unpaired) electrons. The highest BCUT2D eigenvalue weighted by Gasteiger charge is 2.02. The van der Waals surface area contributed by atoms with Gasteiger partial charge in [0.2, 0.25) is 0 Å². The number of aromatic nitrogens is 1. The summed E-state index contributed by atoms with van der Waals surface area (Å²) in [6, 6.07) is 20.2. The lowest BCUT2D eigenvalue weighted by atomic mass is 10.1. The van der Waals surface area contributed by atoms with Gasteiger partial charge in [-0.15, -0.1) is 0 Å². The van der Waals surface area contributed by atoms with Gasteiger partial charge in [0.1, 0.15) is 0 Å². The maximum absolute atomic E-state index is 5.95. The molecular weight excluding hydrogens is 220 g/mol. The average Bonchev–Trinajstić information content (AvgIpc) is 2.41. The van der Waals surface area contributed by atoms with Crippen LogP contribution in [-0.2, 0) is 6.42 Å². The summed E-state index contributed by atoms with van der Waals surface area (Å²) in [6.45, 7) is 0. The summed E-state index contributed by atoms with van der Waals surface area (Å²) in [5.74, 6) is 0. The van der Waals surface area contributed by atoms with E-state index in [2.05, 4.69) is 23.2 Å². The molecule has 1 heterocycles. The van der Waals surface area contributed by atoms with Crippen molar-refractivity contribution in [3.05, 3.63) is 71.9 Å². The van der Waals surface area contributed by atoms with Crippen molar-refractivity contribution in [2.45, 2.75) is 6.42 Å². The van der Waals surface area contributed by atoms with Crippen molar-refractivity contribution in [2.24, 2.45) is 0 Å². The predicted molar refractivity (Wildman–Crippen MR) is 75.4 cm³/mol. The third-order valence-electron chi connectivity index (χ3n) is 3.08. The van der Waals surface area contributed by atoms with Crippen LogP contribution in [0.15, 0.2) is 60.7 Å². The number of para-hydroxylation sites is 2. The van der Waals surface area contributed by atoms with E-state index in [1.54, 1.807) is 0 Å². The molecule has 0 amide bonds. The summed E-state index contributed by atoms with van der Waals surface area (Å²) < 4.78 is 0. The molecule has 0 atom stereocenters. The van der Waals surface area contributed by atoms with Crippen molar-refractivity contribution in [3.63, 3.8) is 0 Å². The molecule has 0 saturated heterocycles. The van der Waals surface area contributed by atoms with Crippen molar-refractivity contribution in [3.8, 4) is 0 Å². The molecule has 0 bridgehead atoms. The van der Waals surface area contributed by atoms with E-state index in [1.165, 1.54) is 5.39 Å². The molecule has 2 nitrogen and oxygen atoms in total. The second-order valence-corrected chi connectivity index (χ2v) is 4.37. The highest BCUT2D eigenvalue weighted by atomic mass is 14.7. The highest BCUT2D eigenvalue weighted by molar-refractivity contribution is 5.78. The lowest BCUT2D eigenvalue weighted by molar-refractivity contribution is 1.10. The van der Waals surface area contributed by atoms with Gasteiger partial charge in [-0.25, -0.2) is 0 Å². The quantitative estimate of drug-likeness (QED) is 0.690. The molecule has 0 saturated carbocycles. The number of nitrogens with zero attached hydrogens (tertiary/aromatic N) is 1. The van der Waals surface area contributed by atoms with Crippen LogP contribution >= 0.6 is 0 Å². The molecule has 2 aromatic carbocycles. The second kappa shape index (κ2) is 4.49. The molecule has 0 fully saturated rings. The Kier molecular flexibility index (Phi) is 2.69. The first-order valence-corrected chi connectivity index (χ1v) is 6.01. The number of benzene rings is 2. The Balaban J connectivity index is 1.98. The molecule has 2 N–H and O–H groups in total. The molecule has 0 aliphatic heterocycles. The molecule has 3 rings (SSSR count). The number of nitrogen functional groups attached to an aromatic ring is 1. The molecule has 2 heteroatoms. The number of rotatable bonds is 2. The zero-order chi connectivity index (χ0) is 12.4. The minimum atomic E-state index is 0.775. The molecule has 0 unspecified atom stereocenters. The number of hydrogen-bond donors (Lipinski definition) is 1. The smallest absolute Gasteiger partial charge is 0.0705 e. The summed E-state index contributed by atoms with van der Waals surface area (Å²) in [5.41, 5.74) is 9.98. The van der Waals surface area contributed by atoms with Crippen LogP contribution in [0.25, 0.3) is 10.9 Å². The van der Waals surface area contributed by atoms with E-state index in [4.69, 9.17) is 5.73 Å². The van der Waals surface area contributed by atoms with Crippen LogP contribution in [0.4, 0.5) is 5.69 Å². The summed E-state index contributed by atoms with van der Waals surface area (Å²) in [7, 11) is 0. The normalized spacial score (nSPS) is 10.7. The summed E-state index contributed by atoms with van der Waals surface area (Å²) in [5, 5.41) is 1.17. The number of fused-ring (bicyclic) bond motifs is 1. The minimum Gasteiger partial charge on any atom is -0.398 e. The fourth-order valence-electron chi connectivity index (χ4n) is 2.10. The van der Waals surface area contributed by atoms with Crippen LogP contribution in [0.5, 0.6) is 0 Å². The third kappa shape index (κ3) is 2.05. The van der Waals surface area contributed by atoms with Crippen LogP contribution in [-0.4, -0.2) is 4.98 Å². The Morgan fingerprint density at radius 2 is 1.61 bits per heavy atom. The van der Waals surface area contributed by atoms with E-state index in [0.29, 0.717) is 0 Å². The fraction of sp³-hybridized carbons (Fsp3) is 0.0625. The van der Waals surface area contributed by atoms with Gasteiger partial charge in [0.05, 0.1) is 5.52 Å². The van der Waals surface area contributed by atoms with Gasteiger partial charge in [-0.1, -0.05) is 42.5 Å². The van der Waals surface area contributed by atoms with Crippen LogP contribution in [0.2, 0.25) is 0 Å². The monoisotopic (exact) mass is 234 g/mol. The van der Waals surface area contributed by atoms with Gasteiger partial charge in [0, 0.05) is 23.2 Å². The van der Waals surface area contributed by atoms with Gasteiger partial charge in [-0.05, 0) is 23.8 Å². The van der Waals surface area contributed by atoms with E-state index in [0.717, 1.165) is 28.9 Å². The van der Waals surface area contributed by atoms with Gasteiger partial charge >= 0.3 is 0 Å². The zero-order valence-corrected chi connectivity index (χ0v) is 10.0. The number of nitrogens with two attached hydrogens (primary N) is 1. The Bertz CT molecular complexity index is 689. The Morgan fingerprint density at radius 3 is 2.50 bits per heavy atom. The van der Waals surface area contributed by atoms with Crippen LogP contribution in [0.1, 0.15) is 11.3 Å². The molecule has 18 heavy (non-hydrogen) atoms. The molecule has 0 spiro atoms. The maximum Gasteiger partial charge on any atom is 0.0705 e. The van der Waals surface area contributed by atoms with Crippen molar-refractivity contribution >= 4 is 16.6 Å². The van der Waals surface area contributed by atoms with Crippen LogP contribution in [0, 0.1) is 0 Å². The number of pyridine rings is 1. The van der Waals surface area contributed by atoms with Crippen molar-refractivity contribution in [1.82, 2.24) is 4.98 Å². The van der Waals surface area contributed by atoms with Gasteiger partial charge < -0.3 is 5.73 Å². The Labute approximate surface area is 106 Å². The lowest BCUT2D eigenvalue weighted by Crippen LogP contribution is -1.97. The van der Waals surface area contributed by atoms with Gasteiger partial charge in [-0.2, -0.15) is 0 Å². The van der Waals surface area contributed by atoms with Crippen molar-refractivity contribution < 1.29 is 0 Å². The Hall–Kier alpha value is -2.35. The van der Waals surface area contributed by atoms with Gasteiger partial charge in [0.25, 0.3) is 0 Å². The minimum absolute atomic E-state index is 0.775. The average molecular weight is 234 g/mol. The largest absolute Gasteiger partial charge is 0.398 e. The predicted octanol–water partition coefficient (Wildman–Crippen LogP) is 3.41. The first-order chi connectivity index (χ1) is 8.83. The SMILES string of the molecule is Nc1ccccc1Cc1ccc2ccccc2n1. The first kappa shape index (κ1) is 10.8. The number of hydrogen-bond acceptors (Lipinski definition) is 2. The molecular formula is C16H14N2. The van der Waals surface area contributed by atoms with Gasteiger partial charge in [0.15, 0.2) is 0 Å². The molecule has 0 aliphatic rings. The van der Waals surface area contributed by atoms with E-state index in [-0.39, 0.29) is 0 Å². The summed E-state index contributed by atoms with van der Waals surface area (Å²) in [6.07, 6.45) is 0.775. The molecule has 1 aromatic heterocycles. The van der Waals surface area contributed by atoms with E-state index in [1.807, 2.05) is 42.5 Å². The fourth-order valence-corrected chi connectivity index (χ4v) is 2.10. The van der Waals surface area contributed by atoms with Crippen LogP contribution in [0.3, 0.4) is 0 Å². The third-order valence-corrected chi connectivity index (χ3v) is 3.08. The lowest BCUT2D eigenvalue weighted by Gasteiger charge is -2.06. The van der Waals surface area contributed by atoms with Gasteiger partial charge in [-0.3, -0.25) is 4.98 Å². The molecule has 88 valence electrons. The van der Waals surface area contributed by atoms with Crippen molar-refractivity contribution in [1.29, 1.82) is 0 Å². The first-order valence-electron chi connectivity index (χ1n) is 6.01. The highest BCUT2D eigenvalue weighted by Crippen LogP contribution is 2.17. The van der Waals surface area contributed by atoms with E-state index in [9.17, 15) is 0 Å². The standard InChI is InChI=1S/C16H14N2/c17-15-7-3-1-6-13(15)11-14-10-9-12-5-2-4-8-16(12)18-14/h1-10H,11,17H2. The van der Waals surface area contributed by atoms with Crippen molar-refractivity contribution in [2.75, 3.05) is 5.73 Å². The Morgan fingerprint density at radius 1 is 0.833 bits per heavy atom. The summed E-state index contributed by atoms with van der Waals surface area (Å²) in [4.78, 5) is 4.66. The topological polar surface area (TPSA) is 38.9 Å². The maximum atomic E-state index is 5.95. The zero-order valence-electron chi connectivity index (χ0n) is 10.0. The van der Waals surface area contributed by atoms with E-state index < -0.39 is 0 Å². The molecule has 0 aliphatic carbocycles. The van der Waals surface area contributed by atoms with E-state index >= 15 is 0 Å².